The number of hydrogen-bond acceptors (Lipinski definition) is 9. The SMILES string of the molecule is Cc1nc(-c2cccc(-c3nnn(-c4ccc(S(=O)(=O)O)cc4)n3)c2OCC(=O)O)sc1C. The molecule has 0 unspecified atom stereocenters. The largest absolute Gasteiger partial charge is 0.480 e. The molecule has 0 saturated carbocycles. The number of aromatic nitrogens is 5. The summed E-state index contributed by atoms with van der Waals surface area (Å²) in [7, 11) is -4.33. The molecule has 0 aliphatic rings. The molecule has 0 fully saturated rings. The van der Waals surface area contributed by atoms with Crippen molar-refractivity contribution in [2.45, 2.75) is 18.7 Å². The van der Waals surface area contributed by atoms with Crippen LogP contribution in [0.3, 0.4) is 0 Å². The Morgan fingerprint density at radius 1 is 1.12 bits per heavy atom. The fraction of sp³-hybridized carbons (Fsp3) is 0.150. The van der Waals surface area contributed by atoms with Gasteiger partial charge in [0.15, 0.2) is 6.61 Å². The second-order valence-corrected chi connectivity index (χ2v) is 9.52. The summed E-state index contributed by atoms with van der Waals surface area (Å²) in [5.74, 6) is -0.714. The first-order valence-electron chi connectivity index (χ1n) is 9.44. The van der Waals surface area contributed by atoms with Gasteiger partial charge in [0.2, 0.25) is 5.82 Å². The molecule has 2 heterocycles. The molecular weight excluding hydrogens is 470 g/mol. The summed E-state index contributed by atoms with van der Waals surface area (Å²) in [5, 5.41) is 22.2. The van der Waals surface area contributed by atoms with Crippen molar-refractivity contribution >= 4 is 27.4 Å². The molecule has 170 valence electrons. The van der Waals surface area contributed by atoms with Crippen LogP contribution in [0.4, 0.5) is 0 Å². The van der Waals surface area contributed by atoms with Gasteiger partial charge in [-0.05, 0) is 55.5 Å². The number of hydrogen-bond donors (Lipinski definition) is 2. The van der Waals surface area contributed by atoms with Crippen molar-refractivity contribution in [2.75, 3.05) is 6.61 Å². The molecule has 0 atom stereocenters. The van der Waals surface area contributed by atoms with E-state index < -0.39 is 22.7 Å². The zero-order valence-corrected chi connectivity index (χ0v) is 19.0. The number of benzene rings is 2. The smallest absolute Gasteiger partial charge is 0.341 e. The third-order valence-corrected chi connectivity index (χ3v) is 6.61. The van der Waals surface area contributed by atoms with E-state index in [9.17, 15) is 13.2 Å². The number of aryl methyl sites for hydroxylation is 2. The van der Waals surface area contributed by atoms with Crippen molar-refractivity contribution in [2.24, 2.45) is 0 Å². The quantitative estimate of drug-likeness (QED) is 0.371. The van der Waals surface area contributed by atoms with Gasteiger partial charge in [0.25, 0.3) is 10.1 Å². The lowest BCUT2D eigenvalue weighted by Gasteiger charge is -2.11. The molecule has 11 nitrogen and oxygen atoms in total. The van der Waals surface area contributed by atoms with Gasteiger partial charge in [0.1, 0.15) is 10.8 Å². The fourth-order valence-electron chi connectivity index (χ4n) is 2.94. The lowest BCUT2D eigenvalue weighted by Crippen LogP contribution is -2.11. The van der Waals surface area contributed by atoms with Gasteiger partial charge in [0.05, 0.1) is 27.4 Å². The maximum atomic E-state index is 11.2. The minimum atomic E-state index is -4.33. The molecule has 0 aliphatic carbocycles. The van der Waals surface area contributed by atoms with Crippen LogP contribution >= 0.6 is 11.3 Å². The lowest BCUT2D eigenvalue weighted by atomic mass is 10.1. The number of nitrogens with zero attached hydrogens (tertiary/aromatic N) is 5. The Morgan fingerprint density at radius 2 is 1.82 bits per heavy atom. The van der Waals surface area contributed by atoms with Gasteiger partial charge in [-0.1, -0.05) is 6.07 Å². The average Bonchev–Trinajstić information content (AvgIpc) is 3.38. The molecule has 2 aromatic carbocycles. The van der Waals surface area contributed by atoms with Gasteiger partial charge in [-0.3, -0.25) is 4.55 Å². The predicted octanol–water partition coefficient (Wildman–Crippen LogP) is 2.78. The maximum Gasteiger partial charge on any atom is 0.341 e. The Morgan fingerprint density at radius 3 is 2.42 bits per heavy atom. The third kappa shape index (κ3) is 4.74. The van der Waals surface area contributed by atoms with Gasteiger partial charge >= 0.3 is 5.97 Å². The molecule has 0 aliphatic heterocycles. The summed E-state index contributed by atoms with van der Waals surface area (Å²) in [4.78, 5) is 17.6. The van der Waals surface area contributed by atoms with Crippen LogP contribution in [0.15, 0.2) is 47.4 Å². The van der Waals surface area contributed by atoms with E-state index in [4.69, 9.17) is 14.4 Å². The van der Waals surface area contributed by atoms with Gasteiger partial charge in [0, 0.05) is 4.88 Å². The van der Waals surface area contributed by atoms with Gasteiger partial charge in [-0.25, -0.2) is 9.78 Å². The van der Waals surface area contributed by atoms with Crippen LogP contribution in [0.5, 0.6) is 5.75 Å². The summed E-state index contributed by atoms with van der Waals surface area (Å²) in [6, 6.07) is 10.5. The highest BCUT2D eigenvalue weighted by Gasteiger charge is 2.21. The molecule has 0 bridgehead atoms. The third-order valence-electron chi connectivity index (χ3n) is 4.63. The number of carboxylic acids is 1. The number of para-hydroxylation sites is 1. The Labute approximate surface area is 192 Å². The number of thiazole rings is 1. The van der Waals surface area contributed by atoms with E-state index in [0.717, 1.165) is 10.6 Å². The molecule has 4 aromatic rings. The van der Waals surface area contributed by atoms with Gasteiger partial charge < -0.3 is 9.84 Å². The highest BCUT2D eigenvalue weighted by Crippen LogP contribution is 2.40. The lowest BCUT2D eigenvalue weighted by molar-refractivity contribution is -0.139. The zero-order valence-electron chi connectivity index (χ0n) is 17.3. The monoisotopic (exact) mass is 487 g/mol. The van der Waals surface area contributed by atoms with Crippen molar-refractivity contribution < 1.29 is 27.6 Å². The van der Waals surface area contributed by atoms with E-state index in [2.05, 4.69) is 20.4 Å². The van der Waals surface area contributed by atoms with Crippen molar-refractivity contribution in [3.63, 3.8) is 0 Å². The first kappa shape index (κ1) is 22.5. The first-order chi connectivity index (χ1) is 15.6. The number of ether oxygens (including phenoxy) is 1. The normalized spacial score (nSPS) is 11.5. The van der Waals surface area contributed by atoms with E-state index in [1.165, 1.54) is 40.4 Å². The summed E-state index contributed by atoms with van der Waals surface area (Å²) in [6.45, 7) is 3.26. The second-order valence-electron chi connectivity index (χ2n) is 6.90. The van der Waals surface area contributed by atoms with Crippen LogP contribution in [0, 0.1) is 13.8 Å². The molecule has 0 amide bonds. The molecule has 2 aromatic heterocycles. The Bertz CT molecular complexity index is 1420. The van der Waals surface area contributed by atoms with Crippen molar-refractivity contribution in [3.05, 3.63) is 53.0 Å². The van der Waals surface area contributed by atoms with Crippen molar-refractivity contribution in [1.82, 2.24) is 25.2 Å². The van der Waals surface area contributed by atoms with Crippen molar-refractivity contribution in [3.8, 4) is 33.4 Å². The van der Waals surface area contributed by atoms with E-state index >= 15 is 0 Å². The van der Waals surface area contributed by atoms with Gasteiger partial charge in [-0.15, -0.1) is 26.3 Å². The summed E-state index contributed by atoms with van der Waals surface area (Å²) in [5.41, 5.74) is 2.28. The average molecular weight is 488 g/mol. The van der Waals surface area contributed by atoms with E-state index in [-0.39, 0.29) is 16.5 Å². The van der Waals surface area contributed by atoms with Crippen LogP contribution < -0.4 is 4.74 Å². The molecule has 13 heteroatoms. The molecule has 0 saturated heterocycles. The summed E-state index contributed by atoms with van der Waals surface area (Å²) in [6.07, 6.45) is 0. The van der Waals surface area contributed by atoms with Crippen LogP contribution in [0.25, 0.3) is 27.6 Å². The highest BCUT2D eigenvalue weighted by molar-refractivity contribution is 7.85. The molecular formula is C20H17N5O6S2. The Kier molecular flexibility index (Phi) is 5.93. The summed E-state index contributed by atoms with van der Waals surface area (Å²) >= 11 is 1.46. The van der Waals surface area contributed by atoms with E-state index in [1.807, 2.05) is 13.8 Å². The minimum Gasteiger partial charge on any atom is -0.480 e. The highest BCUT2D eigenvalue weighted by atomic mass is 32.2. The molecule has 0 radical (unpaired) electrons. The maximum absolute atomic E-state index is 11.2. The topological polar surface area (TPSA) is 157 Å². The number of carboxylic acid groups (broad SMARTS) is 1. The van der Waals surface area contributed by atoms with Crippen molar-refractivity contribution in [1.29, 1.82) is 0 Å². The molecule has 4 rings (SSSR count). The van der Waals surface area contributed by atoms with E-state index in [1.54, 1.807) is 18.2 Å². The number of rotatable bonds is 7. The molecule has 0 spiro atoms. The first-order valence-corrected chi connectivity index (χ1v) is 11.7. The van der Waals surface area contributed by atoms with Crippen LogP contribution in [-0.4, -0.2) is 55.8 Å². The second kappa shape index (κ2) is 8.69. The molecule has 33 heavy (non-hydrogen) atoms. The number of aliphatic carboxylic acids is 1. The Hall–Kier alpha value is -3.68. The number of carbonyl (C=O) groups is 1. The van der Waals surface area contributed by atoms with Crippen LogP contribution in [0.1, 0.15) is 10.6 Å². The molecule has 2 N–H and O–H groups in total. The van der Waals surface area contributed by atoms with Crippen LogP contribution in [0.2, 0.25) is 0 Å². The minimum absolute atomic E-state index is 0.168. The van der Waals surface area contributed by atoms with Gasteiger partial charge in [-0.2, -0.15) is 8.42 Å². The van der Waals surface area contributed by atoms with E-state index in [0.29, 0.717) is 21.8 Å². The number of tetrazole rings is 1. The summed E-state index contributed by atoms with van der Waals surface area (Å²) < 4.78 is 37.2. The van der Waals surface area contributed by atoms with Crippen LogP contribution in [-0.2, 0) is 14.9 Å². The zero-order chi connectivity index (χ0) is 23.8. The fourth-order valence-corrected chi connectivity index (χ4v) is 4.36. The standard InChI is InChI=1S/C20H17N5O6S2/c1-11-12(2)32-20(21-11)16-5-3-4-15(18(16)31-10-17(26)27)19-22-24-25(23-19)13-6-8-14(9-7-13)33(28,29)30/h3-9H,10H2,1-2H3,(H,26,27)(H,28,29,30). The predicted molar refractivity (Wildman–Crippen MR) is 118 cm³/mol. The Balaban J connectivity index is 1.76.